The summed E-state index contributed by atoms with van der Waals surface area (Å²) < 4.78 is 64.8. The van der Waals surface area contributed by atoms with Crippen LogP contribution in [0.25, 0.3) is 0 Å². The van der Waals surface area contributed by atoms with Crippen molar-refractivity contribution in [1.82, 2.24) is 4.72 Å². The Labute approximate surface area is 136 Å². The average molecular weight is 358 g/mol. The van der Waals surface area contributed by atoms with Crippen molar-refractivity contribution in [3.63, 3.8) is 0 Å². The average Bonchev–Trinajstić information content (AvgIpc) is 2.52. The topological polar surface area (TPSA) is 89.3 Å². The van der Waals surface area contributed by atoms with Gasteiger partial charge in [0.25, 0.3) is 0 Å². The maximum absolute atomic E-state index is 12.7. The van der Waals surface area contributed by atoms with Gasteiger partial charge in [-0.15, -0.1) is 0 Å². The van der Waals surface area contributed by atoms with Crippen LogP contribution in [0, 0.1) is 0 Å². The third-order valence-corrected chi connectivity index (χ3v) is 4.58. The van der Waals surface area contributed by atoms with E-state index in [2.05, 4.69) is 0 Å². The quantitative estimate of drug-likeness (QED) is 0.859. The molecule has 0 aliphatic rings. The van der Waals surface area contributed by atoms with Crippen LogP contribution in [0.4, 0.5) is 13.2 Å². The van der Waals surface area contributed by atoms with Gasteiger partial charge in [-0.1, -0.05) is 36.4 Å². The minimum absolute atomic E-state index is 0.278. The van der Waals surface area contributed by atoms with Crippen molar-refractivity contribution in [3.05, 3.63) is 65.7 Å². The zero-order chi connectivity index (χ0) is 18.0. The highest BCUT2D eigenvalue weighted by Crippen LogP contribution is 2.30. The molecule has 24 heavy (non-hydrogen) atoms. The fraction of sp³-hybridized carbons (Fsp3) is 0.133. The largest absolute Gasteiger partial charge is 0.416 e. The monoisotopic (exact) mass is 358 g/mol. The Morgan fingerprint density at radius 3 is 2.21 bits per heavy atom. The SMILES string of the molecule is NC(=O)C(NS(=O)(=O)c1cccc(C(F)(F)F)c1)c1ccccc1. The summed E-state index contributed by atoms with van der Waals surface area (Å²) in [6, 6.07) is 9.57. The summed E-state index contributed by atoms with van der Waals surface area (Å²) in [7, 11) is -4.39. The molecule has 0 heterocycles. The normalized spacial score (nSPS) is 13.5. The van der Waals surface area contributed by atoms with Gasteiger partial charge in [-0.05, 0) is 23.8 Å². The molecule has 0 aromatic heterocycles. The van der Waals surface area contributed by atoms with Crippen molar-refractivity contribution < 1.29 is 26.4 Å². The first-order valence-electron chi connectivity index (χ1n) is 6.65. The molecular formula is C15H13F3N2O3S. The Balaban J connectivity index is 2.38. The van der Waals surface area contributed by atoms with Crippen LogP contribution in [-0.4, -0.2) is 14.3 Å². The van der Waals surface area contributed by atoms with Gasteiger partial charge in [0, 0.05) is 0 Å². The molecule has 2 rings (SSSR count). The smallest absolute Gasteiger partial charge is 0.368 e. The zero-order valence-electron chi connectivity index (χ0n) is 12.1. The lowest BCUT2D eigenvalue weighted by molar-refractivity contribution is -0.137. The number of hydrogen-bond acceptors (Lipinski definition) is 3. The van der Waals surface area contributed by atoms with Gasteiger partial charge in [0.05, 0.1) is 10.5 Å². The van der Waals surface area contributed by atoms with Crippen molar-refractivity contribution in [2.45, 2.75) is 17.1 Å². The second-order valence-corrected chi connectivity index (χ2v) is 6.61. The Hall–Kier alpha value is -2.39. The molecule has 0 spiro atoms. The van der Waals surface area contributed by atoms with Crippen molar-refractivity contribution >= 4 is 15.9 Å². The van der Waals surface area contributed by atoms with E-state index in [1.165, 1.54) is 12.1 Å². The number of amides is 1. The number of rotatable bonds is 5. The van der Waals surface area contributed by atoms with Gasteiger partial charge in [0.15, 0.2) is 0 Å². The van der Waals surface area contributed by atoms with Gasteiger partial charge in [0.1, 0.15) is 6.04 Å². The maximum atomic E-state index is 12.7. The van der Waals surface area contributed by atoms with E-state index >= 15 is 0 Å². The van der Waals surface area contributed by atoms with Crippen LogP contribution in [0.5, 0.6) is 0 Å². The summed E-state index contributed by atoms with van der Waals surface area (Å²) in [4.78, 5) is 10.9. The fourth-order valence-corrected chi connectivity index (χ4v) is 3.24. The van der Waals surface area contributed by atoms with Crippen LogP contribution in [0.2, 0.25) is 0 Å². The Morgan fingerprint density at radius 2 is 1.67 bits per heavy atom. The van der Waals surface area contributed by atoms with E-state index in [0.717, 1.165) is 18.2 Å². The molecule has 1 unspecified atom stereocenters. The lowest BCUT2D eigenvalue weighted by Gasteiger charge is -2.16. The van der Waals surface area contributed by atoms with E-state index < -0.39 is 38.6 Å². The van der Waals surface area contributed by atoms with Crippen LogP contribution < -0.4 is 10.5 Å². The molecule has 9 heteroatoms. The van der Waals surface area contributed by atoms with E-state index in [-0.39, 0.29) is 5.56 Å². The molecule has 3 N–H and O–H groups in total. The summed E-state index contributed by atoms with van der Waals surface area (Å²) in [5.74, 6) is -0.975. The number of hydrogen-bond donors (Lipinski definition) is 2. The number of sulfonamides is 1. The fourth-order valence-electron chi connectivity index (χ4n) is 2.00. The second-order valence-electron chi connectivity index (χ2n) is 4.89. The Morgan fingerprint density at radius 1 is 1.04 bits per heavy atom. The number of primary amides is 1. The summed E-state index contributed by atoms with van der Waals surface area (Å²) in [5.41, 5.74) is 4.38. The molecule has 128 valence electrons. The van der Waals surface area contributed by atoms with Crippen LogP contribution in [0.1, 0.15) is 17.2 Å². The molecule has 0 radical (unpaired) electrons. The first-order valence-corrected chi connectivity index (χ1v) is 8.13. The van der Waals surface area contributed by atoms with E-state index in [1.54, 1.807) is 18.2 Å². The third kappa shape index (κ3) is 4.12. The Bertz CT molecular complexity index is 837. The highest BCUT2D eigenvalue weighted by Gasteiger charge is 2.32. The van der Waals surface area contributed by atoms with E-state index in [9.17, 15) is 26.4 Å². The van der Waals surface area contributed by atoms with E-state index in [1.807, 2.05) is 4.72 Å². The van der Waals surface area contributed by atoms with Crippen LogP contribution >= 0.6 is 0 Å². The molecule has 5 nitrogen and oxygen atoms in total. The molecule has 1 amide bonds. The lowest BCUT2D eigenvalue weighted by atomic mass is 10.1. The van der Waals surface area contributed by atoms with Crippen molar-refractivity contribution in [3.8, 4) is 0 Å². The summed E-state index contributed by atoms with van der Waals surface area (Å²) in [5, 5.41) is 0. The standard InChI is InChI=1S/C15H13F3N2O3S/c16-15(17,18)11-7-4-8-12(9-11)24(22,23)20-13(14(19)21)10-5-2-1-3-6-10/h1-9,13,20H,(H2,19,21). The second kappa shape index (κ2) is 6.62. The molecule has 2 aromatic carbocycles. The molecular weight excluding hydrogens is 345 g/mol. The number of nitrogens with one attached hydrogen (secondary N) is 1. The summed E-state index contributed by atoms with van der Waals surface area (Å²) >= 11 is 0. The van der Waals surface area contributed by atoms with Gasteiger partial charge in [-0.2, -0.15) is 17.9 Å². The van der Waals surface area contributed by atoms with Crippen LogP contribution in [0.15, 0.2) is 59.5 Å². The van der Waals surface area contributed by atoms with Gasteiger partial charge in [-0.25, -0.2) is 8.42 Å². The molecule has 0 aliphatic carbocycles. The molecule has 1 atom stereocenters. The van der Waals surface area contributed by atoms with Crippen molar-refractivity contribution in [2.24, 2.45) is 5.73 Å². The first kappa shape index (κ1) is 18.0. The van der Waals surface area contributed by atoms with Gasteiger partial charge in [-0.3, -0.25) is 4.79 Å². The van der Waals surface area contributed by atoms with E-state index in [0.29, 0.717) is 6.07 Å². The molecule has 0 saturated heterocycles. The minimum atomic E-state index is -4.69. The van der Waals surface area contributed by atoms with Crippen LogP contribution in [0.3, 0.4) is 0 Å². The number of carbonyl (C=O) groups excluding carboxylic acids is 1. The van der Waals surface area contributed by atoms with Gasteiger partial charge < -0.3 is 5.73 Å². The highest BCUT2D eigenvalue weighted by atomic mass is 32.2. The highest BCUT2D eigenvalue weighted by molar-refractivity contribution is 7.89. The first-order chi connectivity index (χ1) is 11.1. The number of benzene rings is 2. The van der Waals surface area contributed by atoms with Gasteiger partial charge in [0.2, 0.25) is 15.9 Å². The Kier molecular flexibility index (Phi) is 4.95. The predicted molar refractivity (Wildman–Crippen MR) is 80.1 cm³/mol. The number of halogens is 3. The van der Waals surface area contributed by atoms with Crippen molar-refractivity contribution in [2.75, 3.05) is 0 Å². The lowest BCUT2D eigenvalue weighted by Crippen LogP contribution is -2.37. The maximum Gasteiger partial charge on any atom is 0.416 e. The number of nitrogens with two attached hydrogens (primary N) is 1. The number of alkyl halides is 3. The molecule has 0 saturated carbocycles. The van der Waals surface area contributed by atoms with Gasteiger partial charge >= 0.3 is 6.18 Å². The molecule has 0 fully saturated rings. The number of carbonyl (C=O) groups is 1. The summed E-state index contributed by atoms with van der Waals surface area (Å²) in [6.07, 6.45) is -4.69. The zero-order valence-corrected chi connectivity index (χ0v) is 12.9. The molecule has 0 aliphatic heterocycles. The predicted octanol–water partition coefficient (Wildman–Crippen LogP) is 2.21. The van der Waals surface area contributed by atoms with Crippen LogP contribution in [-0.2, 0) is 21.0 Å². The van der Waals surface area contributed by atoms with Crippen molar-refractivity contribution in [1.29, 1.82) is 0 Å². The summed E-state index contributed by atoms with van der Waals surface area (Å²) in [6.45, 7) is 0. The minimum Gasteiger partial charge on any atom is -0.368 e. The van der Waals surface area contributed by atoms with E-state index in [4.69, 9.17) is 5.73 Å². The molecule has 0 bridgehead atoms. The molecule has 2 aromatic rings. The third-order valence-electron chi connectivity index (χ3n) is 3.16.